The van der Waals surface area contributed by atoms with E-state index in [1.807, 2.05) is 12.1 Å². The number of hydrogen-bond acceptors (Lipinski definition) is 4. The summed E-state index contributed by atoms with van der Waals surface area (Å²) in [7, 11) is -3.69. The molecular weight excluding hydrogens is 435 g/mol. The van der Waals surface area contributed by atoms with Crippen molar-refractivity contribution in [3.63, 3.8) is 0 Å². The molecule has 154 valence electrons. The molecule has 0 aromatic heterocycles. The predicted molar refractivity (Wildman–Crippen MR) is 111 cm³/mol. The van der Waals surface area contributed by atoms with E-state index in [2.05, 4.69) is 0 Å². The average molecular weight is 455 g/mol. The van der Waals surface area contributed by atoms with Crippen LogP contribution in [0.15, 0.2) is 47.4 Å². The van der Waals surface area contributed by atoms with Crippen LogP contribution in [-0.4, -0.2) is 56.3 Å². The molecule has 6 nitrogen and oxygen atoms in total. The van der Waals surface area contributed by atoms with Crippen LogP contribution in [-0.2, 0) is 21.2 Å². The Hall–Kier alpha value is -1.80. The highest BCUT2D eigenvalue weighted by molar-refractivity contribution is 7.89. The Morgan fingerprint density at radius 2 is 1.76 bits per heavy atom. The van der Waals surface area contributed by atoms with Crippen molar-refractivity contribution in [1.29, 1.82) is 0 Å². The molecule has 1 atom stereocenters. The first-order valence-corrected chi connectivity index (χ1v) is 11.5. The Morgan fingerprint density at radius 3 is 2.48 bits per heavy atom. The van der Waals surface area contributed by atoms with Crippen LogP contribution in [0.5, 0.6) is 5.75 Å². The Kier molecular flexibility index (Phi) is 5.75. The SMILES string of the molecule is O=C(C1COc2ccc(Cl)cc2C1)N1CCN(S(=O)(=O)c2ccccc2Cl)CC1. The molecule has 1 amide bonds. The van der Waals surface area contributed by atoms with E-state index >= 15 is 0 Å². The largest absolute Gasteiger partial charge is 0.492 e. The quantitative estimate of drug-likeness (QED) is 0.714. The van der Waals surface area contributed by atoms with Crippen molar-refractivity contribution in [3.8, 4) is 5.75 Å². The lowest BCUT2D eigenvalue weighted by Crippen LogP contribution is -2.52. The smallest absolute Gasteiger partial charge is 0.244 e. The van der Waals surface area contributed by atoms with Gasteiger partial charge in [-0.3, -0.25) is 4.79 Å². The third-order valence-corrected chi connectivity index (χ3v) is 7.92. The number of carbonyl (C=O) groups excluding carboxylic acids is 1. The van der Waals surface area contributed by atoms with E-state index in [4.69, 9.17) is 27.9 Å². The summed E-state index contributed by atoms with van der Waals surface area (Å²) in [6, 6.07) is 11.8. The van der Waals surface area contributed by atoms with E-state index in [9.17, 15) is 13.2 Å². The predicted octanol–water partition coefficient (Wildman–Crippen LogP) is 3.08. The van der Waals surface area contributed by atoms with Crippen LogP contribution < -0.4 is 4.74 Å². The minimum absolute atomic E-state index is 0.0228. The standard InChI is InChI=1S/C20H20Cl2N2O4S/c21-16-5-6-18-14(12-16)11-15(13-28-18)20(25)23-7-9-24(10-8-23)29(26,27)19-4-2-1-3-17(19)22/h1-6,12,15H,7-11,13H2. The molecule has 2 heterocycles. The number of halogens is 2. The summed E-state index contributed by atoms with van der Waals surface area (Å²) in [5.41, 5.74) is 0.919. The van der Waals surface area contributed by atoms with Crippen LogP contribution in [0.1, 0.15) is 5.56 Å². The first-order chi connectivity index (χ1) is 13.9. The van der Waals surface area contributed by atoms with Crippen LogP contribution in [0.2, 0.25) is 10.0 Å². The molecule has 0 spiro atoms. The van der Waals surface area contributed by atoms with Gasteiger partial charge in [0.1, 0.15) is 17.3 Å². The van der Waals surface area contributed by atoms with Crippen molar-refractivity contribution >= 4 is 39.1 Å². The maximum absolute atomic E-state index is 13.0. The number of sulfonamides is 1. The van der Waals surface area contributed by atoms with E-state index in [0.717, 1.165) is 11.3 Å². The highest BCUT2D eigenvalue weighted by Gasteiger charge is 2.35. The normalized spacial score (nSPS) is 20.1. The highest BCUT2D eigenvalue weighted by Crippen LogP contribution is 2.31. The first-order valence-electron chi connectivity index (χ1n) is 9.31. The van der Waals surface area contributed by atoms with Crippen molar-refractivity contribution in [2.75, 3.05) is 32.8 Å². The van der Waals surface area contributed by atoms with Gasteiger partial charge in [-0.15, -0.1) is 0 Å². The molecule has 0 radical (unpaired) electrons. The molecule has 29 heavy (non-hydrogen) atoms. The monoisotopic (exact) mass is 454 g/mol. The fraction of sp³-hybridized carbons (Fsp3) is 0.350. The zero-order valence-electron chi connectivity index (χ0n) is 15.6. The lowest BCUT2D eigenvalue weighted by Gasteiger charge is -2.36. The van der Waals surface area contributed by atoms with Gasteiger partial charge in [-0.05, 0) is 42.3 Å². The second-order valence-electron chi connectivity index (χ2n) is 7.12. The van der Waals surface area contributed by atoms with Gasteiger partial charge in [0.15, 0.2) is 0 Å². The molecule has 0 bridgehead atoms. The van der Waals surface area contributed by atoms with Crippen molar-refractivity contribution in [1.82, 2.24) is 9.21 Å². The fourth-order valence-corrected chi connectivity index (χ4v) is 5.83. The molecule has 1 fully saturated rings. The Labute approximate surface area is 180 Å². The first kappa shape index (κ1) is 20.5. The van der Waals surface area contributed by atoms with Crippen molar-refractivity contribution in [2.24, 2.45) is 5.92 Å². The van der Waals surface area contributed by atoms with Gasteiger partial charge in [-0.1, -0.05) is 35.3 Å². The molecule has 1 saturated heterocycles. The molecule has 2 aliphatic rings. The van der Waals surface area contributed by atoms with E-state index in [-0.39, 0.29) is 34.8 Å². The van der Waals surface area contributed by atoms with Crippen molar-refractivity contribution < 1.29 is 17.9 Å². The summed E-state index contributed by atoms with van der Waals surface area (Å²) in [5, 5.41) is 0.807. The number of carbonyl (C=O) groups is 1. The van der Waals surface area contributed by atoms with Gasteiger partial charge in [0.25, 0.3) is 0 Å². The lowest BCUT2D eigenvalue weighted by atomic mass is 9.95. The number of hydrogen-bond donors (Lipinski definition) is 0. The van der Waals surface area contributed by atoms with Gasteiger partial charge < -0.3 is 9.64 Å². The number of benzene rings is 2. The fourth-order valence-electron chi connectivity index (χ4n) is 3.72. The molecule has 1 unspecified atom stereocenters. The van der Waals surface area contributed by atoms with Crippen LogP contribution in [0.3, 0.4) is 0 Å². The minimum atomic E-state index is -3.69. The lowest BCUT2D eigenvalue weighted by molar-refractivity contribution is -0.138. The van der Waals surface area contributed by atoms with Gasteiger partial charge in [-0.25, -0.2) is 8.42 Å². The van der Waals surface area contributed by atoms with E-state index in [1.54, 1.807) is 29.2 Å². The third kappa shape index (κ3) is 4.10. The second-order valence-corrected chi connectivity index (χ2v) is 9.87. The summed E-state index contributed by atoms with van der Waals surface area (Å²) in [5.74, 6) is 0.437. The molecule has 0 N–H and O–H groups in total. The van der Waals surface area contributed by atoms with Gasteiger partial charge in [0, 0.05) is 31.2 Å². The number of amides is 1. The summed E-state index contributed by atoms with van der Waals surface area (Å²) < 4.78 is 32.8. The van der Waals surface area contributed by atoms with Gasteiger partial charge >= 0.3 is 0 Å². The summed E-state index contributed by atoms with van der Waals surface area (Å²) in [4.78, 5) is 14.8. The average Bonchev–Trinajstić information content (AvgIpc) is 2.73. The number of rotatable bonds is 3. The highest BCUT2D eigenvalue weighted by atomic mass is 35.5. The van der Waals surface area contributed by atoms with E-state index in [1.165, 1.54) is 10.4 Å². The van der Waals surface area contributed by atoms with Crippen LogP contribution >= 0.6 is 23.2 Å². The number of ether oxygens (including phenoxy) is 1. The maximum Gasteiger partial charge on any atom is 0.244 e. The van der Waals surface area contributed by atoms with E-state index in [0.29, 0.717) is 31.1 Å². The molecule has 0 aliphatic carbocycles. The zero-order chi connectivity index (χ0) is 20.6. The molecule has 2 aliphatic heterocycles. The summed E-state index contributed by atoms with van der Waals surface area (Å²) in [6.07, 6.45) is 0.562. The Bertz CT molecular complexity index is 1040. The summed E-state index contributed by atoms with van der Waals surface area (Å²) in [6.45, 7) is 1.44. The van der Waals surface area contributed by atoms with Crippen LogP contribution in [0, 0.1) is 5.92 Å². The molecule has 4 rings (SSSR count). The topological polar surface area (TPSA) is 66.9 Å². The van der Waals surface area contributed by atoms with E-state index < -0.39 is 10.0 Å². The van der Waals surface area contributed by atoms with Gasteiger partial charge in [0.2, 0.25) is 15.9 Å². The second kappa shape index (κ2) is 8.14. The Morgan fingerprint density at radius 1 is 1.03 bits per heavy atom. The minimum Gasteiger partial charge on any atom is -0.492 e. The van der Waals surface area contributed by atoms with Crippen LogP contribution in [0.4, 0.5) is 0 Å². The zero-order valence-corrected chi connectivity index (χ0v) is 17.9. The van der Waals surface area contributed by atoms with Crippen molar-refractivity contribution in [2.45, 2.75) is 11.3 Å². The molecule has 9 heteroatoms. The molecule has 2 aromatic rings. The number of fused-ring (bicyclic) bond motifs is 1. The maximum atomic E-state index is 13.0. The molecule has 2 aromatic carbocycles. The van der Waals surface area contributed by atoms with Gasteiger partial charge in [-0.2, -0.15) is 4.31 Å². The van der Waals surface area contributed by atoms with Crippen LogP contribution in [0.25, 0.3) is 0 Å². The van der Waals surface area contributed by atoms with Gasteiger partial charge in [0.05, 0.1) is 10.9 Å². The van der Waals surface area contributed by atoms with Crippen molar-refractivity contribution in [3.05, 3.63) is 58.1 Å². The molecular formula is C20H20Cl2N2O4S. The Balaban J connectivity index is 1.41. The third-order valence-electron chi connectivity index (χ3n) is 5.28. The summed E-state index contributed by atoms with van der Waals surface area (Å²) >= 11 is 12.1. The number of piperazine rings is 1. The molecule has 0 saturated carbocycles. The number of nitrogens with zero attached hydrogens (tertiary/aromatic N) is 2.